The second-order valence-corrected chi connectivity index (χ2v) is 9.46. The number of carbonyl (C=O) groups is 2. The van der Waals surface area contributed by atoms with Gasteiger partial charge in [0, 0.05) is 17.3 Å². The molecule has 2 amide bonds. The van der Waals surface area contributed by atoms with Crippen molar-refractivity contribution in [3.05, 3.63) is 58.5 Å². The molecule has 0 aliphatic heterocycles. The van der Waals surface area contributed by atoms with Gasteiger partial charge in [-0.2, -0.15) is 5.10 Å². The molecule has 1 aromatic carbocycles. The zero-order valence-corrected chi connectivity index (χ0v) is 19.7. The zero-order valence-electron chi connectivity index (χ0n) is 18.9. The number of ether oxygens (including phenoxy) is 1. The number of hydrogen-bond acceptors (Lipinski definition) is 5. The summed E-state index contributed by atoms with van der Waals surface area (Å²) < 4.78 is 9.57. The van der Waals surface area contributed by atoms with E-state index in [2.05, 4.69) is 15.5 Å². The molecule has 2 aliphatic rings. The first kappa shape index (κ1) is 22.5. The maximum atomic E-state index is 12.9. The molecule has 2 aromatic heterocycles. The van der Waals surface area contributed by atoms with E-state index in [1.165, 1.54) is 0 Å². The monoisotopic (exact) mass is 482 g/mol. The van der Waals surface area contributed by atoms with Crippen LogP contribution in [0.2, 0.25) is 5.02 Å². The SMILES string of the molecule is Cc1c(C(=O)N[C@H]2CC[C@H](Oc3nn(C4CC4)cc3C(N)=O)CC2)cnn1-c1ccc(Cl)cc1. The van der Waals surface area contributed by atoms with Crippen molar-refractivity contribution in [3.8, 4) is 11.6 Å². The number of amides is 2. The lowest BCUT2D eigenvalue weighted by atomic mass is 9.92. The van der Waals surface area contributed by atoms with Gasteiger partial charge in [-0.15, -0.1) is 5.10 Å². The maximum Gasteiger partial charge on any atom is 0.255 e. The second kappa shape index (κ2) is 9.13. The molecule has 34 heavy (non-hydrogen) atoms. The summed E-state index contributed by atoms with van der Waals surface area (Å²) in [5, 5.41) is 12.6. The van der Waals surface area contributed by atoms with E-state index in [0.29, 0.717) is 28.1 Å². The molecule has 2 heterocycles. The van der Waals surface area contributed by atoms with Crippen LogP contribution in [0.5, 0.6) is 5.88 Å². The molecule has 3 N–H and O–H groups in total. The molecular formula is C24H27ClN6O3. The van der Waals surface area contributed by atoms with Crippen molar-refractivity contribution in [1.82, 2.24) is 24.9 Å². The molecule has 0 spiro atoms. The Labute approximate surface area is 202 Å². The molecule has 2 fully saturated rings. The van der Waals surface area contributed by atoms with E-state index in [0.717, 1.165) is 49.9 Å². The third-order valence-electron chi connectivity index (χ3n) is 6.50. The fraction of sp³-hybridized carbons (Fsp3) is 0.417. The van der Waals surface area contributed by atoms with Crippen molar-refractivity contribution < 1.29 is 14.3 Å². The lowest BCUT2D eigenvalue weighted by molar-refractivity contribution is 0.0880. The zero-order chi connectivity index (χ0) is 23.8. The third-order valence-corrected chi connectivity index (χ3v) is 6.75. The minimum Gasteiger partial charge on any atom is -0.473 e. The quantitative estimate of drug-likeness (QED) is 0.533. The molecule has 0 saturated heterocycles. The molecule has 178 valence electrons. The van der Waals surface area contributed by atoms with Gasteiger partial charge in [0.15, 0.2) is 0 Å². The number of hydrogen-bond donors (Lipinski definition) is 2. The second-order valence-electron chi connectivity index (χ2n) is 9.02. The molecule has 2 aliphatic carbocycles. The summed E-state index contributed by atoms with van der Waals surface area (Å²) in [6, 6.07) is 7.70. The number of nitrogens with one attached hydrogen (secondary N) is 1. The van der Waals surface area contributed by atoms with Gasteiger partial charge in [-0.3, -0.25) is 14.3 Å². The van der Waals surface area contributed by atoms with E-state index in [-0.39, 0.29) is 18.1 Å². The number of primary amides is 1. The molecule has 3 aromatic rings. The Morgan fingerprint density at radius 1 is 1.09 bits per heavy atom. The largest absolute Gasteiger partial charge is 0.473 e. The predicted octanol–water partition coefficient (Wildman–Crippen LogP) is 3.58. The third kappa shape index (κ3) is 4.65. The first-order chi connectivity index (χ1) is 16.4. The van der Waals surface area contributed by atoms with Crippen LogP contribution in [0.25, 0.3) is 5.69 Å². The van der Waals surface area contributed by atoms with E-state index in [1.807, 2.05) is 19.1 Å². The molecule has 0 unspecified atom stereocenters. The van der Waals surface area contributed by atoms with Crippen LogP contribution in [0, 0.1) is 6.92 Å². The summed E-state index contributed by atoms with van der Waals surface area (Å²) >= 11 is 5.97. The molecule has 2 saturated carbocycles. The smallest absolute Gasteiger partial charge is 0.255 e. The molecule has 5 rings (SSSR count). The minimum absolute atomic E-state index is 0.0465. The molecular weight excluding hydrogens is 456 g/mol. The van der Waals surface area contributed by atoms with Crippen molar-refractivity contribution in [2.75, 3.05) is 0 Å². The summed E-state index contributed by atoms with van der Waals surface area (Å²) in [5.41, 5.74) is 8.00. The van der Waals surface area contributed by atoms with Crippen molar-refractivity contribution in [2.45, 2.75) is 63.6 Å². The Morgan fingerprint density at radius 2 is 1.79 bits per heavy atom. The Kier molecular flexibility index (Phi) is 6.03. The number of nitrogens with zero attached hydrogens (tertiary/aromatic N) is 4. The molecule has 0 atom stereocenters. The predicted molar refractivity (Wildman–Crippen MR) is 126 cm³/mol. The van der Waals surface area contributed by atoms with Crippen molar-refractivity contribution >= 4 is 23.4 Å². The topological polar surface area (TPSA) is 117 Å². The summed E-state index contributed by atoms with van der Waals surface area (Å²) in [7, 11) is 0. The number of aromatic nitrogens is 4. The Bertz CT molecular complexity index is 1210. The van der Waals surface area contributed by atoms with Crippen LogP contribution in [0.3, 0.4) is 0 Å². The highest BCUT2D eigenvalue weighted by Gasteiger charge is 2.30. The van der Waals surface area contributed by atoms with Gasteiger partial charge in [-0.25, -0.2) is 4.68 Å². The highest BCUT2D eigenvalue weighted by Crippen LogP contribution is 2.36. The van der Waals surface area contributed by atoms with Gasteiger partial charge in [-0.1, -0.05) is 11.6 Å². The fourth-order valence-electron chi connectivity index (χ4n) is 4.38. The lowest BCUT2D eigenvalue weighted by Crippen LogP contribution is -2.40. The molecule has 0 radical (unpaired) electrons. The number of carbonyl (C=O) groups excluding carboxylic acids is 2. The lowest BCUT2D eigenvalue weighted by Gasteiger charge is -2.29. The Morgan fingerprint density at radius 3 is 2.44 bits per heavy atom. The molecule has 0 bridgehead atoms. The van der Waals surface area contributed by atoms with Gasteiger partial charge in [0.05, 0.1) is 29.2 Å². The number of benzene rings is 1. The highest BCUT2D eigenvalue weighted by atomic mass is 35.5. The van der Waals surface area contributed by atoms with Crippen LogP contribution in [0.15, 0.2) is 36.7 Å². The van der Waals surface area contributed by atoms with E-state index in [9.17, 15) is 9.59 Å². The van der Waals surface area contributed by atoms with Gasteiger partial charge in [0.2, 0.25) is 5.88 Å². The van der Waals surface area contributed by atoms with Crippen LogP contribution in [-0.2, 0) is 0 Å². The van der Waals surface area contributed by atoms with Gasteiger partial charge >= 0.3 is 0 Å². The van der Waals surface area contributed by atoms with Crippen molar-refractivity contribution in [2.24, 2.45) is 5.73 Å². The van der Waals surface area contributed by atoms with Crippen molar-refractivity contribution in [3.63, 3.8) is 0 Å². The van der Waals surface area contributed by atoms with Crippen LogP contribution in [0.1, 0.15) is 71.0 Å². The number of halogens is 1. The summed E-state index contributed by atoms with van der Waals surface area (Å²) in [6.45, 7) is 1.87. The van der Waals surface area contributed by atoms with Crippen LogP contribution in [-0.4, -0.2) is 43.5 Å². The fourth-order valence-corrected chi connectivity index (χ4v) is 4.50. The average Bonchev–Trinajstić information content (AvgIpc) is 3.47. The van der Waals surface area contributed by atoms with Gasteiger partial charge in [0.25, 0.3) is 11.8 Å². The maximum absolute atomic E-state index is 12.9. The minimum atomic E-state index is -0.530. The number of rotatable bonds is 7. The van der Waals surface area contributed by atoms with Crippen molar-refractivity contribution in [1.29, 1.82) is 0 Å². The normalized spacial score (nSPS) is 20.2. The Hall–Kier alpha value is -3.33. The van der Waals surface area contributed by atoms with E-state index in [1.54, 1.807) is 33.9 Å². The first-order valence-electron chi connectivity index (χ1n) is 11.6. The van der Waals surface area contributed by atoms with E-state index in [4.69, 9.17) is 22.1 Å². The standard InChI is InChI=1S/C24H27ClN6O3/c1-14-20(12-27-31(14)18-6-2-15(25)3-7-18)23(33)28-16-4-10-19(11-5-16)34-24-21(22(26)32)13-30(29-24)17-8-9-17/h2-3,6-7,12-13,16-17,19H,4-5,8-11H2,1H3,(H2,26,32)(H,28,33)/t16-,19-. The summed E-state index contributed by atoms with van der Waals surface area (Å²) in [4.78, 5) is 24.7. The Balaban J connectivity index is 1.17. The average molecular weight is 483 g/mol. The summed E-state index contributed by atoms with van der Waals surface area (Å²) in [6.07, 6.45) is 8.38. The van der Waals surface area contributed by atoms with Crippen LogP contribution < -0.4 is 15.8 Å². The number of nitrogens with two attached hydrogens (primary N) is 1. The van der Waals surface area contributed by atoms with Crippen LogP contribution >= 0.6 is 11.6 Å². The summed E-state index contributed by atoms with van der Waals surface area (Å²) in [5.74, 6) is -0.351. The molecule has 10 heteroatoms. The van der Waals surface area contributed by atoms with E-state index >= 15 is 0 Å². The highest BCUT2D eigenvalue weighted by molar-refractivity contribution is 6.30. The van der Waals surface area contributed by atoms with Gasteiger partial charge < -0.3 is 15.8 Å². The van der Waals surface area contributed by atoms with Crippen LogP contribution in [0.4, 0.5) is 0 Å². The van der Waals surface area contributed by atoms with Gasteiger partial charge in [0.1, 0.15) is 11.7 Å². The first-order valence-corrected chi connectivity index (χ1v) is 11.9. The van der Waals surface area contributed by atoms with E-state index < -0.39 is 5.91 Å². The van der Waals surface area contributed by atoms with Gasteiger partial charge in [-0.05, 0) is 69.7 Å². The molecule has 9 nitrogen and oxygen atoms in total.